The van der Waals surface area contributed by atoms with Crippen LogP contribution in [0.3, 0.4) is 0 Å². The quantitative estimate of drug-likeness (QED) is 0.633. The van der Waals surface area contributed by atoms with Crippen molar-refractivity contribution in [1.29, 1.82) is 0 Å². The molecule has 0 radical (unpaired) electrons. The van der Waals surface area contributed by atoms with Crippen LogP contribution in [0, 0.1) is 5.92 Å². The summed E-state index contributed by atoms with van der Waals surface area (Å²) < 4.78 is 5.34. The number of thioether (sulfide) groups is 1. The standard InChI is InChI=1S/C21H27N3O3S2/c1-16(2)12-27-21(26)24-9-5-8-23(10-11-24)20(25)18-6-3-4-7-19(18)29-14-17-13-28-15-22-17/h3-4,6-7,13,15-16H,5,8-12,14H2,1-2H3. The Morgan fingerprint density at radius 1 is 1.17 bits per heavy atom. The van der Waals surface area contributed by atoms with Crippen molar-refractivity contribution in [2.45, 2.75) is 30.9 Å². The van der Waals surface area contributed by atoms with Gasteiger partial charge in [0.05, 0.1) is 23.4 Å². The highest BCUT2D eigenvalue weighted by Crippen LogP contribution is 2.27. The van der Waals surface area contributed by atoms with Crippen molar-refractivity contribution in [1.82, 2.24) is 14.8 Å². The first-order valence-corrected chi connectivity index (χ1v) is 11.8. The van der Waals surface area contributed by atoms with Gasteiger partial charge in [-0.2, -0.15) is 0 Å². The summed E-state index contributed by atoms with van der Waals surface area (Å²) >= 11 is 3.20. The molecule has 1 aliphatic rings. The molecule has 8 heteroatoms. The monoisotopic (exact) mass is 433 g/mol. The number of aromatic nitrogens is 1. The van der Waals surface area contributed by atoms with Gasteiger partial charge in [-0.15, -0.1) is 23.1 Å². The van der Waals surface area contributed by atoms with Crippen molar-refractivity contribution in [3.8, 4) is 0 Å². The SMILES string of the molecule is CC(C)COC(=O)N1CCCN(C(=O)c2ccccc2SCc2cscn2)CC1. The Hall–Kier alpha value is -2.06. The van der Waals surface area contributed by atoms with Gasteiger partial charge in [-0.25, -0.2) is 9.78 Å². The summed E-state index contributed by atoms with van der Waals surface area (Å²) in [5, 5.41) is 2.03. The summed E-state index contributed by atoms with van der Waals surface area (Å²) in [6, 6.07) is 7.71. The van der Waals surface area contributed by atoms with Gasteiger partial charge in [-0.3, -0.25) is 4.79 Å². The molecule has 0 N–H and O–H groups in total. The Balaban J connectivity index is 1.61. The molecule has 0 bridgehead atoms. The van der Waals surface area contributed by atoms with Crippen molar-refractivity contribution >= 4 is 35.1 Å². The zero-order chi connectivity index (χ0) is 20.6. The molecule has 3 rings (SSSR count). The van der Waals surface area contributed by atoms with Gasteiger partial charge in [0.25, 0.3) is 5.91 Å². The first-order chi connectivity index (χ1) is 14.0. The number of benzene rings is 1. The van der Waals surface area contributed by atoms with Gasteiger partial charge >= 0.3 is 6.09 Å². The van der Waals surface area contributed by atoms with Crippen molar-refractivity contribution < 1.29 is 14.3 Å². The van der Waals surface area contributed by atoms with Gasteiger partial charge in [-0.1, -0.05) is 26.0 Å². The summed E-state index contributed by atoms with van der Waals surface area (Å²) in [5.41, 5.74) is 3.55. The molecule has 1 aromatic heterocycles. The van der Waals surface area contributed by atoms with Gasteiger partial charge in [0.15, 0.2) is 0 Å². The number of hydrogen-bond acceptors (Lipinski definition) is 6. The highest BCUT2D eigenvalue weighted by atomic mass is 32.2. The third-order valence-corrected chi connectivity index (χ3v) is 6.30. The van der Waals surface area contributed by atoms with E-state index in [0.717, 1.165) is 22.8 Å². The van der Waals surface area contributed by atoms with Crippen LogP contribution in [-0.4, -0.2) is 59.6 Å². The fourth-order valence-corrected chi connectivity index (χ4v) is 4.64. The number of thiazole rings is 1. The topological polar surface area (TPSA) is 62.7 Å². The van der Waals surface area contributed by atoms with Crippen molar-refractivity contribution in [2.75, 3.05) is 32.8 Å². The number of ether oxygens (including phenoxy) is 1. The second kappa shape index (κ2) is 10.6. The van der Waals surface area contributed by atoms with Crippen LogP contribution in [0.1, 0.15) is 36.3 Å². The van der Waals surface area contributed by atoms with E-state index < -0.39 is 0 Å². The van der Waals surface area contributed by atoms with E-state index in [1.54, 1.807) is 28.0 Å². The number of rotatable bonds is 6. The van der Waals surface area contributed by atoms with E-state index in [1.807, 2.05) is 53.9 Å². The van der Waals surface area contributed by atoms with E-state index in [9.17, 15) is 9.59 Å². The van der Waals surface area contributed by atoms with Crippen LogP contribution in [0.15, 0.2) is 40.1 Å². The Morgan fingerprint density at radius 2 is 1.93 bits per heavy atom. The van der Waals surface area contributed by atoms with Gasteiger partial charge < -0.3 is 14.5 Å². The summed E-state index contributed by atoms with van der Waals surface area (Å²) in [6.45, 7) is 6.71. The molecular weight excluding hydrogens is 406 g/mol. The van der Waals surface area contributed by atoms with Gasteiger partial charge in [0.1, 0.15) is 0 Å². The second-order valence-electron chi connectivity index (χ2n) is 7.37. The van der Waals surface area contributed by atoms with Crippen molar-refractivity contribution in [3.63, 3.8) is 0 Å². The maximum atomic E-state index is 13.2. The number of hydrogen-bond donors (Lipinski definition) is 0. The third-order valence-electron chi connectivity index (χ3n) is 4.56. The van der Waals surface area contributed by atoms with Crippen LogP contribution in [-0.2, 0) is 10.5 Å². The number of amides is 2. The maximum Gasteiger partial charge on any atom is 0.409 e. The molecule has 0 atom stereocenters. The Labute approximate surface area is 180 Å². The molecule has 0 aliphatic carbocycles. The first kappa shape index (κ1) is 21.6. The van der Waals surface area contributed by atoms with E-state index in [0.29, 0.717) is 44.3 Å². The van der Waals surface area contributed by atoms with E-state index in [1.165, 1.54) is 0 Å². The number of nitrogens with zero attached hydrogens (tertiary/aromatic N) is 3. The lowest BCUT2D eigenvalue weighted by Gasteiger charge is -2.23. The minimum absolute atomic E-state index is 0.0174. The summed E-state index contributed by atoms with van der Waals surface area (Å²) in [6.07, 6.45) is 0.462. The van der Waals surface area contributed by atoms with Crippen LogP contribution in [0.5, 0.6) is 0 Å². The first-order valence-electron chi connectivity index (χ1n) is 9.84. The summed E-state index contributed by atoms with van der Waals surface area (Å²) in [7, 11) is 0. The Bertz CT molecular complexity index is 811. The fourth-order valence-electron chi connectivity index (χ4n) is 3.03. The molecule has 1 saturated heterocycles. The lowest BCUT2D eigenvalue weighted by molar-refractivity contribution is 0.0743. The largest absolute Gasteiger partial charge is 0.449 e. The van der Waals surface area contributed by atoms with Crippen LogP contribution in [0.2, 0.25) is 0 Å². The molecule has 29 heavy (non-hydrogen) atoms. The van der Waals surface area contributed by atoms with Gasteiger partial charge in [0.2, 0.25) is 0 Å². The number of carbonyl (C=O) groups is 2. The third kappa shape index (κ3) is 6.21. The minimum atomic E-state index is -0.285. The van der Waals surface area contributed by atoms with Crippen LogP contribution >= 0.6 is 23.1 Å². The van der Waals surface area contributed by atoms with E-state index >= 15 is 0 Å². The molecule has 1 aliphatic heterocycles. The van der Waals surface area contributed by atoms with Crippen LogP contribution in [0.4, 0.5) is 4.79 Å². The molecule has 0 unspecified atom stereocenters. The highest BCUT2D eigenvalue weighted by molar-refractivity contribution is 7.98. The maximum absolute atomic E-state index is 13.2. The smallest absolute Gasteiger partial charge is 0.409 e. The molecular formula is C21H27N3O3S2. The molecule has 1 fully saturated rings. The van der Waals surface area contributed by atoms with Gasteiger partial charge in [-0.05, 0) is 24.5 Å². The van der Waals surface area contributed by atoms with Gasteiger partial charge in [0, 0.05) is 42.2 Å². The van der Waals surface area contributed by atoms with E-state index in [4.69, 9.17) is 4.74 Å². The molecule has 2 heterocycles. The predicted molar refractivity (Wildman–Crippen MR) is 116 cm³/mol. The zero-order valence-electron chi connectivity index (χ0n) is 16.9. The van der Waals surface area contributed by atoms with E-state index in [2.05, 4.69) is 4.98 Å². The lowest BCUT2D eigenvalue weighted by Crippen LogP contribution is -2.38. The summed E-state index contributed by atoms with van der Waals surface area (Å²) in [4.78, 5) is 34.3. The van der Waals surface area contributed by atoms with Crippen LogP contribution in [0.25, 0.3) is 0 Å². The molecule has 156 valence electrons. The van der Waals surface area contributed by atoms with E-state index in [-0.39, 0.29) is 12.0 Å². The predicted octanol–water partition coefficient (Wildman–Crippen LogP) is 4.38. The average molecular weight is 434 g/mol. The fraction of sp³-hybridized carbons (Fsp3) is 0.476. The molecule has 2 amide bonds. The average Bonchev–Trinajstić information content (AvgIpc) is 3.12. The zero-order valence-corrected chi connectivity index (χ0v) is 18.5. The number of carbonyl (C=O) groups excluding carboxylic acids is 2. The normalized spacial score (nSPS) is 14.7. The molecule has 1 aromatic carbocycles. The molecule has 6 nitrogen and oxygen atoms in total. The molecule has 2 aromatic rings. The molecule has 0 spiro atoms. The Morgan fingerprint density at radius 3 is 2.69 bits per heavy atom. The molecule has 0 saturated carbocycles. The highest BCUT2D eigenvalue weighted by Gasteiger charge is 2.25. The van der Waals surface area contributed by atoms with Crippen LogP contribution < -0.4 is 0 Å². The van der Waals surface area contributed by atoms with Crippen molar-refractivity contribution in [2.24, 2.45) is 5.92 Å². The second-order valence-corrected chi connectivity index (χ2v) is 9.10. The lowest BCUT2D eigenvalue weighted by atomic mass is 10.2. The van der Waals surface area contributed by atoms with Crippen molar-refractivity contribution in [3.05, 3.63) is 46.4 Å². The summed E-state index contributed by atoms with van der Waals surface area (Å²) in [5.74, 6) is 1.06. The Kier molecular flexibility index (Phi) is 7.94. The minimum Gasteiger partial charge on any atom is -0.449 e.